The number of nitrogens with zero attached hydrogens (tertiary/aromatic N) is 1. The van der Waals surface area contributed by atoms with Crippen molar-refractivity contribution >= 4 is 29.1 Å². The Morgan fingerprint density at radius 3 is 2.26 bits per heavy atom. The van der Waals surface area contributed by atoms with Crippen molar-refractivity contribution in [3.8, 4) is 5.75 Å². The Balaban J connectivity index is 1.94. The zero-order chi connectivity index (χ0) is 28.4. The maximum Gasteiger partial charge on any atom is 0.338 e. The van der Waals surface area contributed by atoms with Crippen LogP contribution < -0.4 is 9.64 Å². The molecule has 1 saturated heterocycles. The summed E-state index contributed by atoms with van der Waals surface area (Å²) in [5, 5.41) is 11.7. The van der Waals surface area contributed by atoms with Gasteiger partial charge in [-0.2, -0.15) is 0 Å². The summed E-state index contributed by atoms with van der Waals surface area (Å²) in [5.74, 6) is -1.47. The number of aliphatic hydroxyl groups excluding tert-OH is 1. The Morgan fingerprint density at radius 2 is 1.67 bits per heavy atom. The third-order valence-corrected chi connectivity index (χ3v) is 7.04. The van der Waals surface area contributed by atoms with Crippen molar-refractivity contribution in [3.63, 3.8) is 0 Å². The molecule has 1 N–H and O–H groups in total. The Kier molecular flexibility index (Phi) is 7.90. The average molecular weight is 528 g/mol. The number of ketones is 1. The van der Waals surface area contributed by atoms with Crippen LogP contribution in [0.5, 0.6) is 5.75 Å². The smallest absolute Gasteiger partial charge is 0.338 e. The number of aliphatic hydroxyl groups is 1. The molecule has 1 unspecified atom stereocenters. The average Bonchev–Trinajstić information content (AvgIpc) is 3.18. The van der Waals surface area contributed by atoms with Crippen molar-refractivity contribution in [1.29, 1.82) is 0 Å². The number of anilines is 1. The molecule has 1 aliphatic heterocycles. The molecule has 4 rings (SSSR count). The van der Waals surface area contributed by atoms with Gasteiger partial charge < -0.3 is 14.6 Å². The summed E-state index contributed by atoms with van der Waals surface area (Å²) in [7, 11) is 1.59. The topological polar surface area (TPSA) is 93.1 Å². The lowest BCUT2D eigenvalue weighted by Crippen LogP contribution is -2.29. The first-order valence-electron chi connectivity index (χ1n) is 12.9. The van der Waals surface area contributed by atoms with Gasteiger partial charge in [0.2, 0.25) is 0 Å². The van der Waals surface area contributed by atoms with E-state index in [1.54, 1.807) is 38.3 Å². The number of hydrogen-bond acceptors (Lipinski definition) is 6. The predicted octanol–water partition coefficient (Wildman–Crippen LogP) is 6.24. The van der Waals surface area contributed by atoms with Gasteiger partial charge in [0.15, 0.2) is 0 Å². The normalized spacial score (nSPS) is 16.6. The molecule has 1 atom stereocenters. The number of benzene rings is 3. The largest absolute Gasteiger partial charge is 0.507 e. The van der Waals surface area contributed by atoms with Crippen LogP contribution >= 0.6 is 0 Å². The zero-order valence-electron chi connectivity index (χ0n) is 23.1. The van der Waals surface area contributed by atoms with E-state index in [1.807, 2.05) is 64.1 Å². The van der Waals surface area contributed by atoms with Gasteiger partial charge in [0.25, 0.3) is 11.7 Å². The van der Waals surface area contributed by atoms with Crippen molar-refractivity contribution in [2.45, 2.75) is 46.6 Å². The number of methoxy groups -OCH3 is 1. The predicted molar refractivity (Wildman–Crippen MR) is 150 cm³/mol. The molecule has 1 fully saturated rings. The van der Waals surface area contributed by atoms with E-state index in [0.717, 1.165) is 11.1 Å². The van der Waals surface area contributed by atoms with E-state index >= 15 is 0 Å². The summed E-state index contributed by atoms with van der Waals surface area (Å²) >= 11 is 0. The molecule has 7 heteroatoms. The number of amides is 1. The van der Waals surface area contributed by atoms with Gasteiger partial charge in [-0.3, -0.25) is 14.5 Å². The quantitative estimate of drug-likeness (QED) is 0.169. The number of Topliss-reactive ketones (excluding diaryl/α,β-unsaturated/α-hetero) is 1. The number of hydrogen-bond donors (Lipinski definition) is 1. The Morgan fingerprint density at radius 1 is 1.00 bits per heavy atom. The molecule has 3 aromatic carbocycles. The van der Waals surface area contributed by atoms with Crippen LogP contribution in [0.3, 0.4) is 0 Å². The van der Waals surface area contributed by atoms with Crippen molar-refractivity contribution < 1.29 is 29.0 Å². The minimum atomic E-state index is -0.872. The fourth-order valence-electron chi connectivity index (χ4n) is 4.99. The van der Waals surface area contributed by atoms with Crippen LogP contribution in [0.2, 0.25) is 0 Å². The summed E-state index contributed by atoms with van der Waals surface area (Å²) in [6, 6.07) is 16.6. The minimum Gasteiger partial charge on any atom is -0.507 e. The molecule has 0 saturated carbocycles. The SMILES string of the molecule is CCOC(=O)c1ccc(N2C(=O)C(=O)/C(=C(/O)c3cc(C(C)C)c(OC)cc3C)C2c2ccccc2C)cc1. The van der Waals surface area contributed by atoms with E-state index in [1.165, 1.54) is 4.90 Å². The standard InChI is InChI=1S/C32H33NO6/c1-7-39-32(37)21-12-14-22(15-13-21)33-28(23-11-9-8-10-19(23)4)27(30(35)31(33)36)29(34)25-17-24(18(2)3)26(38-6)16-20(25)5/h8-18,28,34H,7H2,1-6H3/b29-27+. The van der Waals surface area contributed by atoms with Crippen LogP contribution in [0.4, 0.5) is 5.69 Å². The van der Waals surface area contributed by atoms with E-state index in [9.17, 15) is 19.5 Å². The maximum atomic E-state index is 13.6. The van der Waals surface area contributed by atoms with Gasteiger partial charge in [0.05, 0.1) is 30.9 Å². The molecule has 0 radical (unpaired) electrons. The molecule has 39 heavy (non-hydrogen) atoms. The lowest BCUT2D eigenvalue weighted by atomic mass is 9.89. The highest BCUT2D eigenvalue weighted by Crippen LogP contribution is 2.44. The summed E-state index contributed by atoms with van der Waals surface area (Å²) in [5.41, 5.74) is 4.39. The monoisotopic (exact) mass is 527 g/mol. The molecule has 202 valence electrons. The van der Waals surface area contributed by atoms with Crippen molar-refractivity contribution in [1.82, 2.24) is 0 Å². The summed E-state index contributed by atoms with van der Waals surface area (Å²) in [6.07, 6.45) is 0. The van der Waals surface area contributed by atoms with Gasteiger partial charge in [-0.15, -0.1) is 0 Å². The summed E-state index contributed by atoms with van der Waals surface area (Å²) < 4.78 is 10.6. The van der Waals surface area contributed by atoms with Crippen molar-refractivity contribution in [3.05, 3.63) is 99.6 Å². The summed E-state index contributed by atoms with van der Waals surface area (Å²) in [4.78, 5) is 40.7. The van der Waals surface area contributed by atoms with Crippen LogP contribution in [-0.4, -0.2) is 36.5 Å². The fraction of sp³-hybridized carbons (Fsp3) is 0.281. The second-order valence-electron chi connectivity index (χ2n) is 9.86. The molecule has 7 nitrogen and oxygen atoms in total. The molecule has 1 aliphatic rings. The van der Waals surface area contributed by atoms with Gasteiger partial charge in [-0.25, -0.2) is 4.79 Å². The van der Waals surface area contributed by atoms with Gasteiger partial charge >= 0.3 is 5.97 Å². The van der Waals surface area contributed by atoms with E-state index in [2.05, 4.69) is 0 Å². The number of carbonyl (C=O) groups is 3. The molecular weight excluding hydrogens is 494 g/mol. The molecule has 1 heterocycles. The second-order valence-corrected chi connectivity index (χ2v) is 9.86. The Labute approximate surface area is 228 Å². The highest BCUT2D eigenvalue weighted by molar-refractivity contribution is 6.51. The van der Waals surface area contributed by atoms with Crippen LogP contribution in [0.15, 0.2) is 66.2 Å². The van der Waals surface area contributed by atoms with Crippen LogP contribution in [0.25, 0.3) is 5.76 Å². The third kappa shape index (κ3) is 5.04. The first-order valence-corrected chi connectivity index (χ1v) is 12.9. The highest BCUT2D eigenvalue weighted by atomic mass is 16.5. The Hall–Kier alpha value is -4.39. The number of carbonyl (C=O) groups excluding carboxylic acids is 3. The van der Waals surface area contributed by atoms with E-state index in [-0.39, 0.29) is 23.9 Å². The minimum absolute atomic E-state index is 0.00624. The highest BCUT2D eigenvalue weighted by Gasteiger charge is 2.47. The molecule has 0 aliphatic carbocycles. The van der Waals surface area contributed by atoms with Crippen molar-refractivity contribution in [2.75, 3.05) is 18.6 Å². The van der Waals surface area contributed by atoms with Crippen molar-refractivity contribution in [2.24, 2.45) is 0 Å². The second kappa shape index (κ2) is 11.2. The van der Waals surface area contributed by atoms with Crippen LogP contribution in [-0.2, 0) is 14.3 Å². The number of esters is 1. The lowest BCUT2D eigenvalue weighted by Gasteiger charge is -2.27. The molecule has 0 aromatic heterocycles. The number of aryl methyl sites for hydroxylation is 2. The van der Waals surface area contributed by atoms with E-state index in [0.29, 0.717) is 33.7 Å². The number of ether oxygens (including phenoxy) is 2. The first kappa shape index (κ1) is 27.6. The van der Waals surface area contributed by atoms with Crippen LogP contribution in [0.1, 0.15) is 70.9 Å². The Bertz CT molecular complexity index is 1470. The third-order valence-electron chi connectivity index (χ3n) is 7.04. The molecule has 1 amide bonds. The van der Waals surface area contributed by atoms with Crippen LogP contribution in [0, 0.1) is 13.8 Å². The molecule has 0 spiro atoms. The zero-order valence-corrected chi connectivity index (χ0v) is 23.1. The van der Waals surface area contributed by atoms with Gasteiger partial charge in [0.1, 0.15) is 11.5 Å². The summed E-state index contributed by atoms with van der Waals surface area (Å²) in [6.45, 7) is 9.73. The molecular formula is C32H33NO6. The first-order chi connectivity index (χ1) is 18.6. The van der Waals surface area contributed by atoms with E-state index < -0.39 is 23.7 Å². The fourth-order valence-corrected chi connectivity index (χ4v) is 4.99. The van der Waals surface area contributed by atoms with Gasteiger partial charge in [0, 0.05) is 11.3 Å². The molecule has 3 aromatic rings. The number of rotatable bonds is 7. The maximum absolute atomic E-state index is 13.6. The van der Waals surface area contributed by atoms with E-state index in [4.69, 9.17) is 9.47 Å². The van der Waals surface area contributed by atoms with Gasteiger partial charge in [-0.1, -0.05) is 38.1 Å². The van der Waals surface area contributed by atoms with Gasteiger partial charge in [-0.05, 0) is 85.3 Å². The lowest BCUT2D eigenvalue weighted by molar-refractivity contribution is -0.132. The molecule has 0 bridgehead atoms.